The zero-order chi connectivity index (χ0) is 17.0. The summed E-state index contributed by atoms with van der Waals surface area (Å²) in [6.45, 7) is 0.189. The number of sulfonamides is 1. The van der Waals surface area contributed by atoms with Gasteiger partial charge in [-0.1, -0.05) is 35.9 Å². The molecule has 0 unspecified atom stereocenters. The van der Waals surface area contributed by atoms with E-state index < -0.39 is 20.7 Å². The van der Waals surface area contributed by atoms with Crippen molar-refractivity contribution >= 4 is 21.6 Å². The van der Waals surface area contributed by atoms with E-state index in [9.17, 15) is 12.8 Å². The van der Waals surface area contributed by atoms with Crippen LogP contribution in [0, 0.1) is 5.82 Å². The maximum atomic E-state index is 14.0. The summed E-state index contributed by atoms with van der Waals surface area (Å²) in [6.07, 6.45) is 0.446. The van der Waals surface area contributed by atoms with Gasteiger partial charge in [0, 0.05) is 13.6 Å². The molecule has 2 aromatic rings. The Morgan fingerprint density at radius 2 is 1.87 bits per heavy atom. The van der Waals surface area contributed by atoms with Gasteiger partial charge in [0.2, 0.25) is 10.0 Å². The Bertz CT molecular complexity index is 796. The van der Waals surface area contributed by atoms with Crippen molar-refractivity contribution in [2.75, 3.05) is 20.7 Å². The number of halogens is 2. The molecule has 0 saturated heterocycles. The highest BCUT2D eigenvalue weighted by Gasteiger charge is 2.25. The molecule has 0 aliphatic carbocycles. The van der Waals surface area contributed by atoms with Crippen LogP contribution in [0.3, 0.4) is 0 Å². The predicted octanol–water partition coefficient (Wildman–Crippen LogP) is 3.35. The molecule has 0 aliphatic heterocycles. The Balaban J connectivity index is 2.19. The van der Waals surface area contributed by atoms with E-state index in [1.54, 1.807) is 13.2 Å². The number of rotatable bonds is 6. The zero-order valence-corrected chi connectivity index (χ0v) is 14.4. The van der Waals surface area contributed by atoms with Gasteiger partial charge in [-0.15, -0.1) is 0 Å². The van der Waals surface area contributed by atoms with E-state index in [-0.39, 0.29) is 11.6 Å². The molecule has 0 spiro atoms. The average molecular weight is 358 g/mol. The summed E-state index contributed by atoms with van der Waals surface area (Å²) in [6, 6.07) is 11.3. The molecule has 0 heterocycles. The SMILES string of the molecule is COc1ccccc1CCN(C)S(=O)(=O)c1cccc(Cl)c1F. The van der Waals surface area contributed by atoms with Crippen molar-refractivity contribution in [1.82, 2.24) is 4.31 Å². The van der Waals surface area contributed by atoms with Crippen LogP contribution in [0.5, 0.6) is 5.75 Å². The van der Waals surface area contributed by atoms with Crippen molar-refractivity contribution in [1.29, 1.82) is 0 Å². The highest BCUT2D eigenvalue weighted by Crippen LogP contribution is 2.25. The molecule has 0 bridgehead atoms. The summed E-state index contributed by atoms with van der Waals surface area (Å²) in [5.74, 6) is -0.245. The van der Waals surface area contributed by atoms with Gasteiger partial charge in [0.1, 0.15) is 10.6 Å². The summed E-state index contributed by atoms with van der Waals surface area (Å²) in [7, 11) is -0.985. The van der Waals surface area contributed by atoms with Crippen LogP contribution in [0.2, 0.25) is 5.02 Å². The van der Waals surface area contributed by atoms with Crippen LogP contribution in [-0.4, -0.2) is 33.4 Å². The second-order valence-electron chi connectivity index (χ2n) is 4.94. The van der Waals surface area contributed by atoms with Gasteiger partial charge in [0.25, 0.3) is 0 Å². The lowest BCUT2D eigenvalue weighted by Gasteiger charge is -2.18. The Morgan fingerprint density at radius 1 is 1.17 bits per heavy atom. The van der Waals surface area contributed by atoms with Gasteiger partial charge in [-0.2, -0.15) is 0 Å². The summed E-state index contributed by atoms with van der Waals surface area (Å²) in [5, 5.41) is -0.218. The minimum atomic E-state index is -3.95. The monoisotopic (exact) mass is 357 g/mol. The number of hydrogen-bond donors (Lipinski definition) is 0. The molecule has 0 atom stereocenters. The second-order valence-corrected chi connectivity index (χ2v) is 7.36. The van der Waals surface area contributed by atoms with E-state index in [2.05, 4.69) is 0 Å². The second kappa shape index (κ2) is 7.29. The van der Waals surface area contributed by atoms with Crippen molar-refractivity contribution in [2.45, 2.75) is 11.3 Å². The predicted molar refractivity (Wildman–Crippen MR) is 87.9 cm³/mol. The number of nitrogens with zero attached hydrogens (tertiary/aromatic N) is 1. The molecule has 2 rings (SSSR count). The minimum absolute atomic E-state index is 0.189. The topological polar surface area (TPSA) is 46.6 Å². The molecule has 0 amide bonds. The third kappa shape index (κ3) is 3.83. The van der Waals surface area contributed by atoms with Crippen molar-refractivity contribution < 1.29 is 17.5 Å². The molecule has 0 aromatic heterocycles. The smallest absolute Gasteiger partial charge is 0.245 e. The fourth-order valence-corrected chi connectivity index (χ4v) is 3.64. The van der Waals surface area contributed by atoms with Crippen molar-refractivity contribution in [3.8, 4) is 5.75 Å². The molecular formula is C16H17ClFNO3S. The largest absolute Gasteiger partial charge is 0.496 e. The van der Waals surface area contributed by atoms with Crippen LogP contribution in [-0.2, 0) is 16.4 Å². The summed E-state index contributed by atoms with van der Waals surface area (Å²) < 4.78 is 45.3. The molecule has 2 aromatic carbocycles. The van der Waals surface area contributed by atoms with Gasteiger partial charge in [-0.3, -0.25) is 0 Å². The molecule has 0 radical (unpaired) electrons. The van der Waals surface area contributed by atoms with Crippen LogP contribution >= 0.6 is 11.6 Å². The van der Waals surface area contributed by atoms with Crippen LogP contribution in [0.15, 0.2) is 47.4 Å². The number of ether oxygens (including phenoxy) is 1. The van der Waals surface area contributed by atoms with Gasteiger partial charge in [-0.05, 0) is 30.2 Å². The maximum Gasteiger partial charge on any atom is 0.245 e. The number of para-hydroxylation sites is 1. The van der Waals surface area contributed by atoms with E-state index in [1.165, 1.54) is 25.2 Å². The lowest BCUT2D eigenvalue weighted by Crippen LogP contribution is -2.29. The fourth-order valence-electron chi connectivity index (χ4n) is 2.16. The molecular weight excluding hydrogens is 341 g/mol. The van der Waals surface area contributed by atoms with Gasteiger partial charge >= 0.3 is 0 Å². The van der Waals surface area contributed by atoms with Gasteiger partial charge in [0.15, 0.2) is 5.82 Å². The number of methoxy groups -OCH3 is 1. The summed E-state index contributed by atoms with van der Waals surface area (Å²) in [4.78, 5) is -0.424. The third-order valence-corrected chi connectivity index (χ3v) is 5.66. The Labute approximate surface area is 140 Å². The number of benzene rings is 2. The van der Waals surface area contributed by atoms with E-state index in [1.807, 2.05) is 18.2 Å². The molecule has 23 heavy (non-hydrogen) atoms. The van der Waals surface area contributed by atoms with Crippen molar-refractivity contribution in [3.63, 3.8) is 0 Å². The third-order valence-electron chi connectivity index (χ3n) is 3.49. The zero-order valence-electron chi connectivity index (χ0n) is 12.8. The molecule has 0 fully saturated rings. The lowest BCUT2D eigenvalue weighted by molar-refractivity contribution is 0.405. The normalized spacial score (nSPS) is 11.7. The highest BCUT2D eigenvalue weighted by atomic mass is 35.5. The van der Waals surface area contributed by atoms with Gasteiger partial charge in [-0.25, -0.2) is 17.1 Å². The first-order valence-corrected chi connectivity index (χ1v) is 8.72. The maximum absolute atomic E-state index is 14.0. The van der Waals surface area contributed by atoms with Gasteiger partial charge in [0.05, 0.1) is 12.1 Å². The van der Waals surface area contributed by atoms with Crippen LogP contribution in [0.4, 0.5) is 4.39 Å². The fraction of sp³-hybridized carbons (Fsp3) is 0.250. The Kier molecular flexibility index (Phi) is 5.62. The molecule has 124 valence electrons. The molecule has 7 heteroatoms. The van der Waals surface area contributed by atoms with Gasteiger partial charge < -0.3 is 4.74 Å². The molecule has 0 aliphatic rings. The van der Waals surface area contributed by atoms with Crippen LogP contribution < -0.4 is 4.74 Å². The minimum Gasteiger partial charge on any atom is -0.496 e. The van der Waals surface area contributed by atoms with E-state index in [0.717, 1.165) is 9.87 Å². The summed E-state index contributed by atoms with van der Waals surface area (Å²) >= 11 is 5.66. The number of likely N-dealkylation sites (N-methyl/N-ethyl adjacent to an activating group) is 1. The van der Waals surface area contributed by atoms with Crippen LogP contribution in [0.1, 0.15) is 5.56 Å². The molecule has 0 saturated carbocycles. The van der Waals surface area contributed by atoms with Crippen molar-refractivity contribution in [3.05, 3.63) is 58.9 Å². The quantitative estimate of drug-likeness (QED) is 0.796. The van der Waals surface area contributed by atoms with Crippen molar-refractivity contribution in [2.24, 2.45) is 0 Å². The first kappa shape index (κ1) is 17.7. The first-order chi connectivity index (χ1) is 10.9. The summed E-state index contributed by atoms with van der Waals surface area (Å²) in [5.41, 5.74) is 0.878. The molecule has 4 nitrogen and oxygen atoms in total. The van der Waals surface area contributed by atoms with E-state index in [4.69, 9.17) is 16.3 Å². The van der Waals surface area contributed by atoms with E-state index >= 15 is 0 Å². The van der Waals surface area contributed by atoms with E-state index in [0.29, 0.717) is 12.2 Å². The lowest BCUT2D eigenvalue weighted by atomic mass is 10.1. The van der Waals surface area contributed by atoms with Crippen LogP contribution in [0.25, 0.3) is 0 Å². The standard InChI is InChI=1S/C16H17ClFNO3S/c1-19(11-10-12-6-3-4-8-14(12)22-2)23(20,21)15-9-5-7-13(17)16(15)18/h3-9H,10-11H2,1-2H3. The Hall–Kier alpha value is -1.63. The average Bonchev–Trinajstić information content (AvgIpc) is 2.55. The Morgan fingerprint density at radius 3 is 2.57 bits per heavy atom. The first-order valence-electron chi connectivity index (χ1n) is 6.90. The molecule has 0 N–H and O–H groups in total. The highest BCUT2D eigenvalue weighted by molar-refractivity contribution is 7.89. The number of hydrogen-bond acceptors (Lipinski definition) is 3.